The molecule has 18 heavy (non-hydrogen) atoms. The van der Waals surface area contributed by atoms with Crippen LogP contribution in [0.3, 0.4) is 0 Å². The lowest BCUT2D eigenvalue weighted by Crippen LogP contribution is -2.38. The third-order valence-electron chi connectivity index (χ3n) is 3.56. The number of carboxylic acids is 1. The summed E-state index contributed by atoms with van der Waals surface area (Å²) in [6.07, 6.45) is 0.593. The van der Waals surface area contributed by atoms with Gasteiger partial charge < -0.3 is 10.2 Å². The van der Waals surface area contributed by atoms with Gasteiger partial charge in [0, 0.05) is 13.1 Å². The number of carboxylic acid groups (broad SMARTS) is 1. The predicted octanol–water partition coefficient (Wildman–Crippen LogP) is 1.78. The van der Waals surface area contributed by atoms with Crippen LogP contribution < -0.4 is 0 Å². The Labute approximate surface area is 107 Å². The normalized spacial score (nSPS) is 19.7. The maximum Gasteiger partial charge on any atom is 0.306 e. The fourth-order valence-electron chi connectivity index (χ4n) is 2.43. The number of piperidine rings is 1. The zero-order valence-electron chi connectivity index (χ0n) is 10.5. The van der Waals surface area contributed by atoms with E-state index in [1.54, 1.807) is 0 Å². The van der Waals surface area contributed by atoms with Crippen LogP contribution in [-0.4, -0.2) is 34.2 Å². The first kappa shape index (κ1) is 13.1. The van der Waals surface area contributed by atoms with Gasteiger partial charge >= 0.3 is 5.97 Å². The van der Waals surface area contributed by atoms with Crippen molar-refractivity contribution in [1.29, 1.82) is 0 Å². The van der Waals surface area contributed by atoms with Gasteiger partial charge in [0.2, 0.25) is 0 Å². The summed E-state index contributed by atoms with van der Waals surface area (Å²) in [5.74, 6) is -0.981. The Bertz CT molecular complexity index is 425. The molecule has 1 saturated heterocycles. The van der Waals surface area contributed by atoms with Gasteiger partial charge in [-0.15, -0.1) is 0 Å². The van der Waals surface area contributed by atoms with Gasteiger partial charge in [0.05, 0.1) is 5.92 Å². The Morgan fingerprint density at radius 3 is 2.61 bits per heavy atom. The minimum atomic E-state index is -0.723. The van der Waals surface area contributed by atoms with E-state index in [2.05, 4.69) is 0 Å². The second kappa shape index (κ2) is 5.50. The molecule has 1 unspecified atom stereocenters. The van der Waals surface area contributed by atoms with Crippen LogP contribution in [0.4, 0.5) is 0 Å². The maximum atomic E-state index is 10.9. The van der Waals surface area contributed by atoms with Crippen molar-refractivity contribution in [3.05, 3.63) is 35.4 Å². The summed E-state index contributed by atoms with van der Waals surface area (Å²) in [6, 6.07) is 7.79. The van der Waals surface area contributed by atoms with Crippen molar-refractivity contribution in [1.82, 2.24) is 4.90 Å². The van der Waals surface area contributed by atoms with E-state index in [1.165, 1.54) is 0 Å². The number of rotatable bonds is 3. The summed E-state index contributed by atoms with van der Waals surface area (Å²) in [5.41, 5.74) is 2.00. The highest BCUT2D eigenvalue weighted by atomic mass is 16.4. The molecule has 1 fully saturated rings. The lowest BCUT2D eigenvalue weighted by atomic mass is 9.96. The summed E-state index contributed by atoms with van der Waals surface area (Å²) in [7, 11) is 0. The Morgan fingerprint density at radius 1 is 1.39 bits per heavy atom. The molecule has 4 heteroatoms. The van der Waals surface area contributed by atoms with Gasteiger partial charge in [-0.05, 0) is 25.3 Å². The van der Waals surface area contributed by atoms with Crippen molar-refractivity contribution in [2.24, 2.45) is 5.92 Å². The average Bonchev–Trinajstić information content (AvgIpc) is 2.38. The number of nitrogens with zero attached hydrogens (tertiary/aromatic N) is 1. The van der Waals surface area contributed by atoms with Crippen LogP contribution in [-0.2, 0) is 4.79 Å². The molecule has 1 heterocycles. The standard InChI is InChI=1S/C14H19NO3/c1-10-3-2-4-12(9-10)13(16)15-7-5-11(6-8-15)14(17)18/h2-4,9,11,13,16H,5-8H2,1H3,(H,17,18). The minimum absolute atomic E-state index is 0.258. The predicted molar refractivity (Wildman–Crippen MR) is 68.1 cm³/mol. The average molecular weight is 249 g/mol. The molecule has 2 N–H and O–H groups in total. The fraction of sp³-hybridized carbons (Fsp3) is 0.500. The van der Waals surface area contributed by atoms with Crippen molar-refractivity contribution in [3.63, 3.8) is 0 Å². The number of hydrogen-bond donors (Lipinski definition) is 2. The molecule has 0 amide bonds. The topological polar surface area (TPSA) is 60.8 Å². The summed E-state index contributed by atoms with van der Waals surface area (Å²) >= 11 is 0. The molecule has 1 aromatic carbocycles. The third kappa shape index (κ3) is 2.89. The minimum Gasteiger partial charge on any atom is -0.481 e. The molecule has 1 aliphatic heterocycles. The number of carbonyl (C=O) groups is 1. The summed E-state index contributed by atoms with van der Waals surface area (Å²) in [4.78, 5) is 12.8. The molecule has 0 radical (unpaired) electrons. The molecule has 1 atom stereocenters. The molecule has 2 rings (SSSR count). The number of aliphatic hydroxyl groups excluding tert-OH is 1. The highest BCUT2D eigenvalue weighted by Gasteiger charge is 2.28. The Kier molecular flexibility index (Phi) is 3.99. The summed E-state index contributed by atoms with van der Waals surface area (Å²) in [5, 5.41) is 19.2. The molecule has 98 valence electrons. The zero-order valence-corrected chi connectivity index (χ0v) is 10.5. The van der Waals surface area contributed by atoms with Gasteiger partial charge in [0.15, 0.2) is 0 Å². The number of likely N-dealkylation sites (tertiary alicyclic amines) is 1. The lowest BCUT2D eigenvalue weighted by molar-refractivity contribution is -0.144. The largest absolute Gasteiger partial charge is 0.481 e. The quantitative estimate of drug-likeness (QED) is 0.857. The highest BCUT2D eigenvalue weighted by Crippen LogP contribution is 2.25. The van der Waals surface area contributed by atoms with Gasteiger partial charge in [-0.1, -0.05) is 29.8 Å². The van der Waals surface area contributed by atoms with E-state index in [0.717, 1.165) is 11.1 Å². The monoisotopic (exact) mass is 249 g/mol. The molecule has 1 aliphatic rings. The second-order valence-electron chi connectivity index (χ2n) is 4.94. The van der Waals surface area contributed by atoms with E-state index in [1.807, 2.05) is 36.1 Å². The second-order valence-corrected chi connectivity index (χ2v) is 4.94. The third-order valence-corrected chi connectivity index (χ3v) is 3.56. The highest BCUT2D eigenvalue weighted by molar-refractivity contribution is 5.70. The van der Waals surface area contributed by atoms with E-state index in [0.29, 0.717) is 25.9 Å². The smallest absolute Gasteiger partial charge is 0.306 e. The molecular weight excluding hydrogens is 230 g/mol. The maximum absolute atomic E-state index is 10.9. The van der Waals surface area contributed by atoms with Crippen molar-refractivity contribution in [2.45, 2.75) is 26.0 Å². The molecule has 0 saturated carbocycles. The van der Waals surface area contributed by atoms with Crippen LogP contribution in [0.1, 0.15) is 30.2 Å². The van der Waals surface area contributed by atoms with Crippen molar-refractivity contribution >= 4 is 5.97 Å². The van der Waals surface area contributed by atoms with Crippen LogP contribution in [0.25, 0.3) is 0 Å². The first-order valence-corrected chi connectivity index (χ1v) is 6.29. The first-order valence-electron chi connectivity index (χ1n) is 6.29. The zero-order chi connectivity index (χ0) is 13.1. The number of aryl methyl sites for hydroxylation is 1. The van der Waals surface area contributed by atoms with Crippen LogP contribution >= 0.6 is 0 Å². The lowest BCUT2D eigenvalue weighted by Gasteiger charge is -2.33. The molecule has 0 aliphatic carbocycles. The fourth-order valence-corrected chi connectivity index (χ4v) is 2.43. The van der Waals surface area contributed by atoms with Gasteiger partial charge in [-0.3, -0.25) is 9.69 Å². The molecular formula is C14H19NO3. The molecule has 0 aromatic heterocycles. The van der Waals surface area contributed by atoms with Crippen LogP contribution in [0.15, 0.2) is 24.3 Å². The van der Waals surface area contributed by atoms with Crippen LogP contribution in [0.2, 0.25) is 0 Å². The summed E-state index contributed by atoms with van der Waals surface area (Å²) < 4.78 is 0. The van der Waals surface area contributed by atoms with E-state index in [-0.39, 0.29) is 5.92 Å². The van der Waals surface area contributed by atoms with E-state index in [9.17, 15) is 9.90 Å². The van der Waals surface area contributed by atoms with Gasteiger partial charge in [0.25, 0.3) is 0 Å². The van der Waals surface area contributed by atoms with Gasteiger partial charge in [-0.25, -0.2) is 0 Å². The first-order chi connectivity index (χ1) is 8.58. The molecule has 0 spiro atoms. The number of aliphatic carboxylic acids is 1. The van der Waals surface area contributed by atoms with Crippen LogP contribution in [0, 0.1) is 12.8 Å². The van der Waals surface area contributed by atoms with Gasteiger partial charge in [-0.2, -0.15) is 0 Å². The Morgan fingerprint density at radius 2 is 2.06 bits per heavy atom. The molecule has 0 bridgehead atoms. The summed E-state index contributed by atoms with van der Waals surface area (Å²) in [6.45, 7) is 3.25. The number of aliphatic hydroxyl groups is 1. The molecule has 1 aromatic rings. The number of hydrogen-bond acceptors (Lipinski definition) is 3. The van der Waals surface area contributed by atoms with Crippen molar-refractivity contribution in [2.75, 3.05) is 13.1 Å². The van der Waals surface area contributed by atoms with Crippen LogP contribution in [0.5, 0.6) is 0 Å². The van der Waals surface area contributed by atoms with E-state index >= 15 is 0 Å². The van der Waals surface area contributed by atoms with Gasteiger partial charge in [0.1, 0.15) is 6.23 Å². The SMILES string of the molecule is Cc1cccc(C(O)N2CCC(C(=O)O)CC2)c1. The van der Waals surface area contributed by atoms with Crippen molar-refractivity contribution in [3.8, 4) is 0 Å². The number of benzene rings is 1. The Balaban J connectivity index is 1.99. The van der Waals surface area contributed by atoms with E-state index in [4.69, 9.17) is 5.11 Å². The Hall–Kier alpha value is -1.39. The molecule has 4 nitrogen and oxygen atoms in total. The van der Waals surface area contributed by atoms with E-state index < -0.39 is 12.2 Å². The van der Waals surface area contributed by atoms with Crippen molar-refractivity contribution < 1.29 is 15.0 Å².